The van der Waals surface area contributed by atoms with Crippen LogP contribution >= 0.6 is 0 Å². The van der Waals surface area contributed by atoms with Crippen molar-refractivity contribution in [1.82, 2.24) is 4.98 Å². The Morgan fingerprint density at radius 3 is 1.74 bits per heavy atom. The van der Waals surface area contributed by atoms with Gasteiger partial charge in [0.1, 0.15) is 12.4 Å². The summed E-state index contributed by atoms with van der Waals surface area (Å²) in [5, 5.41) is 0. The molecule has 0 radical (unpaired) electrons. The van der Waals surface area contributed by atoms with Gasteiger partial charge in [0.05, 0.1) is 12.0 Å². The number of hydrogen-bond donors (Lipinski definition) is 1. The molecule has 0 aliphatic rings. The van der Waals surface area contributed by atoms with Crippen molar-refractivity contribution in [2.45, 2.75) is 142 Å². The Hall–Kier alpha value is -0.790. The van der Waals surface area contributed by atoms with E-state index in [1.54, 1.807) is 0 Å². The zero-order valence-corrected chi connectivity index (χ0v) is 19.1. The predicted octanol–water partition coefficient (Wildman–Crippen LogP) is 8.25. The first-order valence-corrected chi connectivity index (χ1v) is 12.3. The van der Waals surface area contributed by atoms with E-state index in [1.165, 1.54) is 109 Å². The highest BCUT2D eigenvalue weighted by Crippen LogP contribution is 2.21. The van der Waals surface area contributed by atoms with Crippen LogP contribution in [0.1, 0.15) is 148 Å². The van der Waals surface area contributed by atoms with Crippen LogP contribution < -0.4 is 4.57 Å². The Bertz CT molecular complexity index is 399. The normalized spacial score (nSPS) is 13.8. The van der Waals surface area contributed by atoms with Gasteiger partial charge >= 0.3 is 0 Å². The van der Waals surface area contributed by atoms with Gasteiger partial charge in [-0.05, 0) is 26.2 Å². The first kappa shape index (κ1) is 24.2. The lowest BCUT2D eigenvalue weighted by Gasteiger charge is -2.14. The average molecular weight is 378 g/mol. The van der Waals surface area contributed by atoms with Crippen LogP contribution in [-0.2, 0) is 0 Å². The Morgan fingerprint density at radius 2 is 1.19 bits per heavy atom. The maximum absolute atomic E-state index is 3.54. The third-order valence-electron chi connectivity index (χ3n) is 6.15. The summed E-state index contributed by atoms with van der Waals surface area (Å²) >= 11 is 0. The molecule has 2 nitrogen and oxygen atoms in total. The first-order valence-electron chi connectivity index (χ1n) is 12.3. The molecule has 0 spiro atoms. The molecule has 0 saturated carbocycles. The fourth-order valence-electron chi connectivity index (χ4n) is 4.22. The van der Waals surface area contributed by atoms with Gasteiger partial charge in [0.15, 0.2) is 0 Å². The summed E-state index contributed by atoms with van der Waals surface area (Å²) in [6.07, 6.45) is 26.7. The molecule has 1 aromatic rings. The lowest BCUT2D eigenvalue weighted by molar-refractivity contribution is -0.727. The Kier molecular flexibility index (Phi) is 14.5. The summed E-state index contributed by atoms with van der Waals surface area (Å²) in [5.74, 6) is 2.09. The summed E-state index contributed by atoms with van der Waals surface area (Å²) in [4.78, 5) is 3.54. The van der Waals surface area contributed by atoms with Crippen LogP contribution in [0.4, 0.5) is 0 Å². The molecular weight excluding hydrogens is 328 g/mol. The van der Waals surface area contributed by atoms with Gasteiger partial charge in [0, 0.05) is 0 Å². The van der Waals surface area contributed by atoms with E-state index >= 15 is 0 Å². The highest BCUT2D eigenvalue weighted by atomic mass is 15.1. The number of aromatic nitrogens is 2. The standard InChI is InChI=1S/C25H48N2/c1-5-7-9-11-13-15-17-19-23(3)25-26-21-22-27(25)24(4)20-18-16-14-12-10-8-6-2/h21-24H,5-20H2,1-4H3/p+1. The van der Waals surface area contributed by atoms with Gasteiger partial charge in [0.2, 0.25) is 0 Å². The van der Waals surface area contributed by atoms with Gasteiger partial charge in [-0.25, -0.2) is 9.55 Å². The van der Waals surface area contributed by atoms with Crippen LogP contribution in [-0.4, -0.2) is 4.98 Å². The van der Waals surface area contributed by atoms with E-state index in [2.05, 4.69) is 49.6 Å². The SMILES string of the molecule is CCCCCCCCCC(C)c1[nH]cc[n+]1C(C)CCCCCCCCC. The lowest BCUT2D eigenvalue weighted by Crippen LogP contribution is -2.40. The third kappa shape index (κ3) is 11.0. The van der Waals surface area contributed by atoms with Crippen LogP contribution in [0.25, 0.3) is 0 Å². The quantitative estimate of drug-likeness (QED) is 0.196. The molecule has 0 aliphatic heterocycles. The van der Waals surface area contributed by atoms with E-state index in [1.807, 2.05) is 0 Å². The molecule has 1 heterocycles. The molecule has 0 bridgehead atoms. The van der Waals surface area contributed by atoms with Crippen molar-refractivity contribution in [3.05, 3.63) is 18.2 Å². The molecule has 2 heteroatoms. The fourth-order valence-corrected chi connectivity index (χ4v) is 4.22. The second-order valence-electron chi connectivity index (χ2n) is 8.82. The van der Waals surface area contributed by atoms with E-state index in [0.29, 0.717) is 12.0 Å². The largest absolute Gasteiger partial charge is 0.257 e. The van der Waals surface area contributed by atoms with E-state index < -0.39 is 0 Å². The molecule has 0 fully saturated rings. The van der Waals surface area contributed by atoms with Crippen molar-refractivity contribution in [2.75, 3.05) is 0 Å². The number of nitrogens with zero attached hydrogens (tertiary/aromatic N) is 1. The average Bonchev–Trinajstić information content (AvgIpc) is 3.16. The van der Waals surface area contributed by atoms with Crippen LogP contribution in [0, 0.1) is 0 Å². The highest BCUT2D eigenvalue weighted by molar-refractivity contribution is 4.87. The van der Waals surface area contributed by atoms with Crippen molar-refractivity contribution < 1.29 is 4.57 Å². The minimum absolute atomic E-state index is 0.624. The monoisotopic (exact) mass is 377 g/mol. The number of hydrogen-bond acceptors (Lipinski definition) is 0. The summed E-state index contributed by atoms with van der Waals surface area (Å²) < 4.78 is 2.52. The topological polar surface area (TPSA) is 19.7 Å². The molecule has 0 amide bonds. The van der Waals surface area contributed by atoms with E-state index in [9.17, 15) is 0 Å². The lowest BCUT2D eigenvalue weighted by atomic mass is 10.00. The number of H-pyrrole nitrogens is 1. The van der Waals surface area contributed by atoms with Crippen molar-refractivity contribution >= 4 is 0 Å². The molecular formula is C25H49N2+. The first-order chi connectivity index (χ1) is 13.2. The number of aromatic amines is 1. The van der Waals surface area contributed by atoms with Gasteiger partial charge < -0.3 is 0 Å². The molecule has 2 atom stereocenters. The molecule has 2 unspecified atom stereocenters. The molecule has 0 aliphatic carbocycles. The number of unbranched alkanes of at least 4 members (excludes halogenated alkanes) is 12. The smallest absolute Gasteiger partial charge is 0.247 e. The van der Waals surface area contributed by atoms with Crippen molar-refractivity contribution in [3.63, 3.8) is 0 Å². The number of imidazole rings is 1. The Labute approximate surface area is 170 Å². The zero-order valence-electron chi connectivity index (χ0n) is 19.1. The minimum Gasteiger partial charge on any atom is -0.247 e. The molecule has 1 N–H and O–H groups in total. The molecule has 1 aromatic heterocycles. The van der Waals surface area contributed by atoms with E-state index in [0.717, 1.165) is 0 Å². The fraction of sp³-hybridized carbons (Fsp3) is 0.880. The number of nitrogens with one attached hydrogen (secondary N) is 1. The highest BCUT2D eigenvalue weighted by Gasteiger charge is 2.21. The zero-order chi connectivity index (χ0) is 19.7. The van der Waals surface area contributed by atoms with Gasteiger partial charge in [-0.3, -0.25) is 0 Å². The second kappa shape index (κ2) is 16.2. The van der Waals surface area contributed by atoms with Gasteiger partial charge in [-0.2, -0.15) is 0 Å². The van der Waals surface area contributed by atoms with Gasteiger partial charge in [-0.15, -0.1) is 0 Å². The molecule has 27 heavy (non-hydrogen) atoms. The van der Waals surface area contributed by atoms with E-state index in [-0.39, 0.29) is 0 Å². The second-order valence-corrected chi connectivity index (χ2v) is 8.82. The Balaban J connectivity index is 2.22. The van der Waals surface area contributed by atoms with Gasteiger partial charge in [0.25, 0.3) is 5.82 Å². The summed E-state index contributed by atoms with van der Waals surface area (Å²) in [5.41, 5.74) is 0. The molecule has 0 aromatic carbocycles. The summed E-state index contributed by atoms with van der Waals surface area (Å²) in [6, 6.07) is 0.624. The van der Waals surface area contributed by atoms with Crippen LogP contribution in [0.15, 0.2) is 12.4 Å². The van der Waals surface area contributed by atoms with Crippen LogP contribution in [0.3, 0.4) is 0 Å². The van der Waals surface area contributed by atoms with Crippen LogP contribution in [0.5, 0.6) is 0 Å². The molecule has 0 saturated heterocycles. The maximum Gasteiger partial charge on any atom is 0.257 e. The molecule has 1 rings (SSSR count). The predicted molar refractivity (Wildman–Crippen MR) is 119 cm³/mol. The maximum atomic E-state index is 3.54. The van der Waals surface area contributed by atoms with Crippen molar-refractivity contribution in [1.29, 1.82) is 0 Å². The van der Waals surface area contributed by atoms with Gasteiger partial charge in [-0.1, -0.05) is 104 Å². The number of rotatable bonds is 18. The summed E-state index contributed by atoms with van der Waals surface area (Å²) in [7, 11) is 0. The third-order valence-corrected chi connectivity index (χ3v) is 6.15. The van der Waals surface area contributed by atoms with Crippen molar-refractivity contribution in [3.8, 4) is 0 Å². The van der Waals surface area contributed by atoms with Crippen molar-refractivity contribution in [2.24, 2.45) is 0 Å². The van der Waals surface area contributed by atoms with E-state index in [4.69, 9.17) is 0 Å². The minimum atomic E-state index is 0.624. The van der Waals surface area contributed by atoms with Crippen LogP contribution in [0.2, 0.25) is 0 Å². The Morgan fingerprint density at radius 1 is 0.704 bits per heavy atom. The summed E-state index contributed by atoms with van der Waals surface area (Å²) in [6.45, 7) is 9.39. The molecule has 158 valence electrons.